The van der Waals surface area contributed by atoms with Crippen LogP contribution in [0.4, 0.5) is 0 Å². The smallest absolute Gasteiger partial charge is 0.0394 e. The Morgan fingerprint density at radius 1 is 1.33 bits per heavy atom. The maximum Gasteiger partial charge on any atom is 0.0394 e. The van der Waals surface area contributed by atoms with Crippen LogP contribution in [0.1, 0.15) is 58.8 Å². The van der Waals surface area contributed by atoms with Crippen molar-refractivity contribution in [2.24, 2.45) is 5.84 Å². The molecule has 1 heterocycles. The van der Waals surface area contributed by atoms with E-state index in [0.29, 0.717) is 6.04 Å². The van der Waals surface area contributed by atoms with Gasteiger partial charge in [-0.05, 0) is 51.6 Å². The van der Waals surface area contributed by atoms with E-state index in [9.17, 15) is 0 Å². The first-order valence-electron chi connectivity index (χ1n) is 7.39. The van der Waals surface area contributed by atoms with Crippen molar-refractivity contribution in [1.82, 2.24) is 10.3 Å². The van der Waals surface area contributed by atoms with Crippen LogP contribution < -0.4 is 11.3 Å². The van der Waals surface area contributed by atoms with Crippen molar-refractivity contribution in [2.45, 2.75) is 70.4 Å². The van der Waals surface area contributed by atoms with Gasteiger partial charge >= 0.3 is 0 Å². The fourth-order valence-electron chi connectivity index (χ4n) is 3.49. The number of hydrazine groups is 1. The first kappa shape index (κ1) is 15.5. The monoisotopic (exact) mass is 251 g/mol. The molecule has 0 radical (unpaired) electrons. The lowest BCUT2D eigenvalue weighted by molar-refractivity contribution is 0.0579. The highest BCUT2D eigenvalue weighted by atomic mass is 15.3. The SMILES string of the molecule is C#CCCCC(NN)C(CC)(CC)N1CCCC1. The second-order valence-electron chi connectivity index (χ2n) is 5.32. The lowest BCUT2D eigenvalue weighted by atomic mass is 9.80. The Balaban J connectivity index is 2.75. The second kappa shape index (κ2) is 7.78. The molecule has 1 unspecified atom stereocenters. The quantitative estimate of drug-likeness (QED) is 0.301. The molecule has 1 saturated heterocycles. The molecule has 104 valence electrons. The maximum absolute atomic E-state index is 5.83. The Kier molecular flexibility index (Phi) is 6.70. The summed E-state index contributed by atoms with van der Waals surface area (Å²) in [5.41, 5.74) is 3.28. The zero-order chi connectivity index (χ0) is 13.4. The van der Waals surface area contributed by atoms with Gasteiger partial charge in [-0.25, -0.2) is 0 Å². The van der Waals surface area contributed by atoms with Crippen molar-refractivity contribution in [3.63, 3.8) is 0 Å². The van der Waals surface area contributed by atoms with Gasteiger partial charge < -0.3 is 0 Å². The van der Waals surface area contributed by atoms with Crippen molar-refractivity contribution in [3.05, 3.63) is 0 Å². The summed E-state index contributed by atoms with van der Waals surface area (Å²) in [4.78, 5) is 2.65. The number of nitrogens with one attached hydrogen (secondary N) is 1. The van der Waals surface area contributed by atoms with Crippen LogP contribution in [0.5, 0.6) is 0 Å². The predicted octanol–water partition coefficient (Wildman–Crippen LogP) is 2.28. The number of hydrogen-bond donors (Lipinski definition) is 2. The average molecular weight is 251 g/mol. The van der Waals surface area contributed by atoms with Gasteiger partial charge in [0, 0.05) is 18.0 Å². The van der Waals surface area contributed by atoms with Gasteiger partial charge in [-0.3, -0.25) is 16.2 Å². The van der Waals surface area contributed by atoms with Gasteiger partial charge in [0.2, 0.25) is 0 Å². The molecule has 1 aliphatic heterocycles. The summed E-state index contributed by atoms with van der Waals surface area (Å²) >= 11 is 0. The maximum atomic E-state index is 5.83. The molecular weight excluding hydrogens is 222 g/mol. The van der Waals surface area contributed by atoms with Crippen molar-refractivity contribution in [1.29, 1.82) is 0 Å². The number of terminal acetylenes is 1. The normalized spacial score (nSPS) is 18.8. The van der Waals surface area contributed by atoms with Crippen molar-refractivity contribution >= 4 is 0 Å². The van der Waals surface area contributed by atoms with Crippen LogP contribution in [0.3, 0.4) is 0 Å². The van der Waals surface area contributed by atoms with E-state index in [0.717, 1.165) is 32.1 Å². The molecule has 3 heteroatoms. The zero-order valence-corrected chi connectivity index (χ0v) is 12.0. The van der Waals surface area contributed by atoms with Gasteiger partial charge in [0.15, 0.2) is 0 Å². The van der Waals surface area contributed by atoms with Gasteiger partial charge in [-0.15, -0.1) is 12.3 Å². The number of nitrogens with two attached hydrogens (primary N) is 1. The van der Waals surface area contributed by atoms with Crippen LogP contribution in [0.25, 0.3) is 0 Å². The number of unbranched alkanes of at least 4 members (excludes halogenated alkanes) is 1. The zero-order valence-electron chi connectivity index (χ0n) is 12.0. The topological polar surface area (TPSA) is 41.3 Å². The number of nitrogens with zero attached hydrogens (tertiary/aromatic N) is 1. The fourth-order valence-corrected chi connectivity index (χ4v) is 3.49. The summed E-state index contributed by atoms with van der Waals surface area (Å²) in [6.45, 7) is 7.00. The van der Waals surface area contributed by atoms with E-state index in [4.69, 9.17) is 12.3 Å². The van der Waals surface area contributed by atoms with E-state index in [1.165, 1.54) is 25.9 Å². The van der Waals surface area contributed by atoms with Crippen LogP contribution in [0, 0.1) is 12.3 Å². The Bertz CT molecular complexity index is 259. The molecule has 0 saturated carbocycles. The lowest BCUT2D eigenvalue weighted by Crippen LogP contribution is -2.61. The minimum absolute atomic E-state index is 0.208. The summed E-state index contributed by atoms with van der Waals surface area (Å²) in [5, 5.41) is 0. The first-order chi connectivity index (χ1) is 8.75. The third-order valence-electron chi connectivity index (χ3n) is 4.62. The molecule has 3 nitrogen and oxygen atoms in total. The van der Waals surface area contributed by atoms with Crippen LogP contribution in [0.15, 0.2) is 0 Å². The molecule has 0 aromatic heterocycles. The van der Waals surface area contributed by atoms with Gasteiger partial charge in [0.1, 0.15) is 0 Å². The summed E-state index contributed by atoms with van der Waals surface area (Å²) in [6, 6.07) is 0.346. The van der Waals surface area contributed by atoms with Crippen molar-refractivity contribution < 1.29 is 0 Å². The molecule has 1 aliphatic rings. The highest BCUT2D eigenvalue weighted by Crippen LogP contribution is 2.33. The predicted molar refractivity (Wildman–Crippen MR) is 77.9 cm³/mol. The Morgan fingerprint density at radius 2 is 1.94 bits per heavy atom. The molecule has 0 bridgehead atoms. The summed E-state index contributed by atoms with van der Waals surface area (Å²) in [7, 11) is 0. The van der Waals surface area contributed by atoms with E-state index in [1.54, 1.807) is 0 Å². The third kappa shape index (κ3) is 3.26. The molecule has 0 spiro atoms. The summed E-state index contributed by atoms with van der Waals surface area (Å²) in [5.74, 6) is 8.55. The van der Waals surface area contributed by atoms with Crippen molar-refractivity contribution in [3.8, 4) is 12.3 Å². The molecule has 1 atom stereocenters. The molecular formula is C15H29N3. The molecule has 1 rings (SSSR count). The number of rotatable bonds is 8. The Hall–Kier alpha value is -0.560. The minimum atomic E-state index is 0.208. The van der Waals surface area contributed by atoms with E-state index >= 15 is 0 Å². The van der Waals surface area contributed by atoms with Gasteiger partial charge in [-0.2, -0.15) is 0 Å². The molecule has 0 aromatic rings. The number of likely N-dealkylation sites (tertiary alicyclic amines) is 1. The summed E-state index contributed by atoms with van der Waals surface area (Å²) < 4.78 is 0. The molecule has 0 aromatic carbocycles. The average Bonchev–Trinajstić information content (AvgIpc) is 2.93. The molecule has 18 heavy (non-hydrogen) atoms. The third-order valence-corrected chi connectivity index (χ3v) is 4.62. The van der Waals surface area contributed by atoms with Crippen LogP contribution in [-0.2, 0) is 0 Å². The van der Waals surface area contributed by atoms with E-state index in [1.807, 2.05) is 0 Å². The van der Waals surface area contributed by atoms with Crippen LogP contribution >= 0.6 is 0 Å². The molecule has 3 N–H and O–H groups in total. The van der Waals surface area contributed by atoms with E-state index in [2.05, 4.69) is 30.1 Å². The van der Waals surface area contributed by atoms with Crippen LogP contribution in [0.2, 0.25) is 0 Å². The fraction of sp³-hybridized carbons (Fsp3) is 0.867. The lowest BCUT2D eigenvalue weighted by Gasteiger charge is -2.46. The van der Waals surface area contributed by atoms with E-state index < -0.39 is 0 Å². The van der Waals surface area contributed by atoms with Gasteiger partial charge in [0.05, 0.1) is 0 Å². The largest absolute Gasteiger partial charge is 0.296 e. The highest BCUT2D eigenvalue weighted by Gasteiger charge is 2.41. The minimum Gasteiger partial charge on any atom is -0.296 e. The summed E-state index contributed by atoms with van der Waals surface area (Å²) in [6.07, 6.45) is 13.3. The highest BCUT2D eigenvalue weighted by molar-refractivity contribution is 5.00. The van der Waals surface area contributed by atoms with Gasteiger partial charge in [-0.1, -0.05) is 13.8 Å². The van der Waals surface area contributed by atoms with Crippen molar-refractivity contribution in [2.75, 3.05) is 13.1 Å². The van der Waals surface area contributed by atoms with Gasteiger partial charge in [0.25, 0.3) is 0 Å². The van der Waals surface area contributed by atoms with E-state index in [-0.39, 0.29) is 5.54 Å². The Morgan fingerprint density at radius 3 is 2.39 bits per heavy atom. The molecule has 0 aliphatic carbocycles. The molecule has 0 amide bonds. The van der Waals surface area contributed by atoms with Crippen LogP contribution in [-0.4, -0.2) is 29.6 Å². The number of hydrogen-bond acceptors (Lipinski definition) is 3. The second-order valence-corrected chi connectivity index (χ2v) is 5.32. The first-order valence-corrected chi connectivity index (χ1v) is 7.39. The standard InChI is InChI=1S/C15H29N3/c1-4-7-8-11-14(17-16)15(5-2,6-3)18-12-9-10-13-18/h1,14,17H,5-13,16H2,2-3H3. The molecule has 1 fully saturated rings. The Labute approximate surface area is 112 Å².